The average Bonchev–Trinajstić information content (AvgIpc) is 3.05. The summed E-state index contributed by atoms with van der Waals surface area (Å²) in [5.41, 5.74) is 3.59. The van der Waals surface area contributed by atoms with E-state index in [1.165, 1.54) is 6.07 Å². The van der Waals surface area contributed by atoms with E-state index in [1.807, 2.05) is 20.8 Å². The summed E-state index contributed by atoms with van der Waals surface area (Å²) < 4.78 is 113. The van der Waals surface area contributed by atoms with E-state index in [0.29, 0.717) is 9.87 Å². The maximum atomic E-state index is 15.8. The minimum Gasteiger partial charge on any atom is -0.304 e. The van der Waals surface area contributed by atoms with Crippen molar-refractivity contribution in [1.29, 1.82) is 0 Å². The normalized spacial score (nSPS) is 15.0. The number of hydrogen-bond acceptors (Lipinski definition) is 5. The Morgan fingerprint density at radius 1 is 0.840 bits per heavy atom. The second-order valence-electron chi connectivity index (χ2n) is 12.6. The number of benzene rings is 4. The fourth-order valence-electron chi connectivity index (χ4n) is 5.27. The zero-order valence-corrected chi connectivity index (χ0v) is 27.8. The van der Waals surface area contributed by atoms with E-state index in [-0.39, 0.29) is 36.2 Å². The third-order valence-electron chi connectivity index (χ3n) is 8.17. The van der Waals surface area contributed by atoms with Crippen LogP contribution in [0.5, 0.6) is 0 Å². The number of carbonyl (C=O) groups excluding carboxylic acids is 2. The van der Waals surface area contributed by atoms with Crippen LogP contribution in [0.2, 0.25) is 0 Å². The van der Waals surface area contributed by atoms with Crippen molar-refractivity contribution in [3.8, 4) is 0 Å². The third-order valence-corrected chi connectivity index (χ3v) is 10.1. The second-order valence-corrected chi connectivity index (χ2v) is 14.4. The molecule has 0 unspecified atom stereocenters. The highest BCUT2D eigenvalue weighted by molar-refractivity contribution is 7.89. The maximum Gasteiger partial charge on any atom is 0.274 e. The highest BCUT2D eigenvalue weighted by Crippen LogP contribution is 2.35. The van der Waals surface area contributed by atoms with Crippen LogP contribution < -0.4 is 10.4 Å². The Labute approximate surface area is 284 Å². The molecule has 0 radical (unpaired) electrons. The van der Waals surface area contributed by atoms with Gasteiger partial charge in [-0.1, -0.05) is 75.4 Å². The molecule has 1 N–H and O–H groups in total. The highest BCUT2D eigenvalue weighted by atomic mass is 32.2. The molecule has 1 aliphatic heterocycles. The van der Waals surface area contributed by atoms with Gasteiger partial charge in [-0.15, -0.1) is 0 Å². The Kier molecular flexibility index (Phi) is 10.4. The first-order valence-corrected chi connectivity index (χ1v) is 16.7. The maximum absolute atomic E-state index is 15.8. The summed E-state index contributed by atoms with van der Waals surface area (Å²) in [6, 6.07) is 17.3. The van der Waals surface area contributed by atoms with Crippen LogP contribution >= 0.6 is 0 Å². The fourth-order valence-corrected chi connectivity index (χ4v) is 7.01. The van der Waals surface area contributed by atoms with Gasteiger partial charge in [-0.2, -0.15) is 4.31 Å². The largest absolute Gasteiger partial charge is 0.304 e. The minimum absolute atomic E-state index is 0.0230. The molecule has 4 aromatic rings. The topological polar surface area (TPSA) is 96.0 Å². The summed E-state index contributed by atoms with van der Waals surface area (Å²) in [5, 5.41) is 0. The van der Waals surface area contributed by atoms with Crippen LogP contribution in [0, 0.1) is 34.9 Å². The Balaban J connectivity index is 1.45. The van der Waals surface area contributed by atoms with Crippen LogP contribution in [0.3, 0.4) is 0 Å². The van der Waals surface area contributed by atoms with Crippen molar-refractivity contribution in [3.63, 3.8) is 0 Å². The van der Waals surface area contributed by atoms with Crippen molar-refractivity contribution in [1.82, 2.24) is 9.79 Å². The number of nitrogens with zero attached hydrogens (tertiary/aromatic N) is 2. The predicted molar refractivity (Wildman–Crippen MR) is 170 cm³/mol. The molecule has 8 nitrogen and oxygen atoms in total. The zero-order valence-electron chi connectivity index (χ0n) is 26.9. The third kappa shape index (κ3) is 7.25. The molecular formula is C35H31F6N3O5S. The summed E-state index contributed by atoms with van der Waals surface area (Å²) in [4.78, 5) is 30.7. The lowest BCUT2D eigenvalue weighted by Crippen LogP contribution is -2.59. The standard InChI is InChI=1S/C35H31F6N3O5S/c1-35(2,3)23-12-9-20(10-13-23)18-43(25-14-11-22(17-24(25)36)33(45)42-49-19-21-7-5-4-6-8-21)34(46)26-15-16-44(26)50(47,48)32-30(40)28(38)27(37)29(39)31(32)41/h4-14,17,26H,15-16,18-19H2,1-3H3,(H,42,45)/t26-/m1/s1. The number of carbonyl (C=O) groups is 2. The summed E-state index contributed by atoms with van der Waals surface area (Å²) in [5.74, 6) is -15.6. The van der Waals surface area contributed by atoms with E-state index in [4.69, 9.17) is 4.84 Å². The summed E-state index contributed by atoms with van der Waals surface area (Å²) >= 11 is 0. The van der Waals surface area contributed by atoms with Crippen molar-refractivity contribution in [2.24, 2.45) is 0 Å². The second kappa shape index (κ2) is 14.2. The number of halogens is 6. The van der Waals surface area contributed by atoms with Crippen molar-refractivity contribution in [2.75, 3.05) is 11.4 Å². The van der Waals surface area contributed by atoms with Gasteiger partial charge in [0.2, 0.25) is 21.7 Å². The molecule has 0 bridgehead atoms. The van der Waals surface area contributed by atoms with Crippen LogP contribution in [0.25, 0.3) is 0 Å². The monoisotopic (exact) mass is 719 g/mol. The molecule has 1 fully saturated rings. The van der Waals surface area contributed by atoms with Gasteiger partial charge in [0, 0.05) is 12.1 Å². The first-order chi connectivity index (χ1) is 23.5. The molecule has 0 saturated carbocycles. The van der Waals surface area contributed by atoms with Crippen LogP contribution in [0.4, 0.5) is 32.0 Å². The van der Waals surface area contributed by atoms with Gasteiger partial charge < -0.3 is 4.90 Å². The molecule has 1 atom stereocenters. The van der Waals surface area contributed by atoms with Crippen LogP contribution in [0.1, 0.15) is 54.2 Å². The smallest absolute Gasteiger partial charge is 0.274 e. The van der Waals surface area contributed by atoms with Crippen LogP contribution in [-0.4, -0.2) is 37.1 Å². The van der Waals surface area contributed by atoms with E-state index in [9.17, 15) is 40.0 Å². The van der Waals surface area contributed by atoms with Gasteiger partial charge in [0.1, 0.15) is 11.9 Å². The van der Waals surface area contributed by atoms with Gasteiger partial charge in [0.25, 0.3) is 5.91 Å². The van der Waals surface area contributed by atoms with Gasteiger partial charge in [0.05, 0.1) is 18.8 Å². The zero-order chi connectivity index (χ0) is 36.5. The highest BCUT2D eigenvalue weighted by Gasteiger charge is 2.48. The first-order valence-electron chi connectivity index (χ1n) is 15.2. The van der Waals surface area contributed by atoms with E-state index >= 15 is 4.39 Å². The molecule has 0 aliphatic carbocycles. The van der Waals surface area contributed by atoms with Crippen LogP contribution in [-0.2, 0) is 38.2 Å². The number of hydroxylamine groups is 1. The summed E-state index contributed by atoms with van der Waals surface area (Å²) in [6.45, 7) is 5.14. The number of rotatable bonds is 10. The molecule has 1 saturated heterocycles. The average molecular weight is 720 g/mol. The van der Waals surface area contributed by atoms with E-state index < -0.39 is 74.2 Å². The quantitative estimate of drug-likeness (QED) is 0.0855. The lowest BCUT2D eigenvalue weighted by atomic mass is 9.86. The fraction of sp³-hybridized carbons (Fsp3) is 0.257. The van der Waals surface area contributed by atoms with Crippen LogP contribution in [0.15, 0.2) is 77.7 Å². The molecule has 1 aliphatic rings. The molecule has 1 heterocycles. The van der Waals surface area contributed by atoms with E-state index in [0.717, 1.165) is 28.2 Å². The number of anilines is 1. The predicted octanol–water partition coefficient (Wildman–Crippen LogP) is 6.68. The Hall–Kier alpha value is -4.73. The van der Waals surface area contributed by atoms with Crippen molar-refractivity contribution in [3.05, 3.63) is 130 Å². The summed E-state index contributed by atoms with van der Waals surface area (Å²) in [6.07, 6.45) is -0.214. The van der Waals surface area contributed by atoms with Gasteiger partial charge in [-0.25, -0.2) is 40.2 Å². The molecule has 0 aromatic heterocycles. The molecule has 0 spiro atoms. The Morgan fingerprint density at radius 3 is 1.98 bits per heavy atom. The molecule has 4 aromatic carbocycles. The minimum atomic E-state index is -5.46. The van der Waals surface area contributed by atoms with E-state index in [1.54, 1.807) is 54.6 Å². The molecule has 50 heavy (non-hydrogen) atoms. The summed E-state index contributed by atoms with van der Waals surface area (Å²) in [7, 11) is -5.46. The molecular weight excluding hydrogens is 688 g/mol. The van der Waals surface area contributed by atoms with Gasteiger partial charge in [-0.3, -0.25) is 14.4 Å². The number of hydrogen-bond donors (Lipinski definition) is 1. The molecule has 264 valence electrons. The first kappa shape index (κ1) is 36.5. The molecule has 5 rings (SSSR count). The Bertz CT molecular complexity index is 2010. The van der Waals surface area contributed by atoms with Crippen molar-refractivity contribution in [2.45, 2.75) is 56.7 Å². The molecule has 15 heteroatoms. The van der Waals surface area contributed by atoms with E-state index in [2.05, 4.69) is 5.48 Å². The SMILES string of the molecule is CC(C)(C)c1ccc(CN(C(=O)[C@H]2CCN2S(=O)(=O)c2c(F)c(F)c(F)c(F)c2F)c2ccc(C(=O)NOCc3ccccc3)cc2F)cc1. The number of nitrogens with one attached hydrogen (secondary N) is 1. The van der Waals surface area contributed by atoms with Gasteiger partial charge in [0.15, 0.2) is 28.2 Å². The van der Waals surface area contributed by atoms with Crippen molar-refractivity contribution < 1.29 is 49.2 Å². The molecule has 2 amide bonds. The Morgan fingerprint density at radius 2 is 1.44 bits per heavy atom. The van der Waals surface area contributed by atoms with Gasteiger partial charge in [-0.05, 0) is 46.7 Å². The van der Waals surface area contributed by atoms with Gasteiger partial charge >= 0.3 is 0 Å². The lowest BCUT2D eigenvalue weighted by molar-refractivity contribution is -0.125. The number of amides is 2. The van der Waals surface area contributed by atoms with Crippen molar-refractivity contribution >= 4 is 27.5 Å². The number of sulfonamides is 1. The lowest BCUT2D eigenvalue weighted by Gasteiger charge is -2.41.